The van der Waals surface area contributed by atoms with Crippen LogP contribution in [-0.4, -0.2) is 12.9 Å². The highest BCUT2D eigenvalue weighted by Crippen LogP contribution is 2.22. The summed E-state index contributed by atoms with van der Waals surface area (Å²) in [6.45, 7) is 13.4. The minimum atomic E-state index is -0.0642. The average Bonchev–Trinajstić information content (AvgIpc) is 2.89. The predicted molar refractivity (Wildman–Crippen MR) is 143 cm³/mol. The van der Waals surface area contributed by atoms with E-state index in [4.69, 9.17) is 9.47 Å². The van der Waals surface area contributed by atoms with Gasteiger partial charge in [0, 0.05) is 11.1 Å². The molecule has 0 aliphatic rings. The molecule has 0 amide bonds. The van der Waals surface area contributed by atoms with Crippen LogP contribution in [0.15, 0.2) is 127 Å². The van der Waals surface area contributed by atoms with Gasteiger partial charge in [-0.05, 0) is 86.5 Å². The van der Waals surface area contributed by atoms with Gasteiger partial charge in [-0.2, -0.15) is 0 Å². The minimum absolute atomic E-state index is 0.0642. The first-order valence-electron chi connectivity index (χ1n) is 11.1. The molecule has 3 nitrogen and oxygen atoms in total. The molecule has 0 unspecified atom stereocenters. The summed E-state index contributed by atoms with van der Waals surface area (Å²) < 4.78 is 11.2. The van der Waals surface area contributed by atoms with E-state index in [1.807, 2.05) is 75.4 Å². The van der Waals surface area contributed by atoms with Crippen molar-refractivity contribution in [2.24, 2.45) is 0 Å². The first-order valence-corrected chi connectivity index (χ1v) is 11.1. The van der Waals surface area contributed by atoms with Crippen LogP contribution in [-0.2, 0) is 0 Å². The van der Waals surface area contributed by atoms with Crippen molar-refractivity contribution in [3.63, 3.8) is 0 Å². The number of benzene rings is 2. The van der Waals surface area contributed by atoms with E-state index in [1.54, 1.807) is 49.6 Å². The number of hydrogen-bond donors (Lipinski definition) is 0. The Morgan fingerprint density at radius 3 is 1.94 bits per heavy atom. The van der Waals surface area contributed by atoms with Crippen LogP contribution in [0.5, 0.6) is 11.5 Å². The Balaban J connectivity index is 2.12. The quantitative estimate of drug-likeness (QED) is 0.150. The zero-order valence-corrected chi connectivity index (χ0v) is 20.4. The normalized spacial score (nSPS) is 13.1. The Morgan fingerprint density at radius 2 is 1.41 bits per heavy atom. The number of allylic oxidation sites excluding steroid dienone is 11. The fourth-order valence-corrected chi connectivity index (χ4v) is 3.00. The maximum atomic E-state index is 12.8. The van der Waals surface area contributed by atoms with E-state index in [0.29, 0.717) is 28.4 Å². The van der Waals surface area contributed by atoms with Gasteiger partial charge in [0.05, 0.1) is 7.11 Å². The van der Waals surface area contributed by atoms with E-state index >= 15 is 0 Å². The Bertz CT molecular complexity index is 1150. The largest absolute Gasteiger partial charge is 0.497 e. The molecule has 0 radical (unpaired) electrons. The molecule has 2 rings (SSSR count). The third-order valence-corrected chi connectivity index (χ3v) is 5.13. The predicted octanol–water partition coefficient (Wildman–Crippen LogP) is 8.06. The van der Waals surface area contributed by atoms with Crippen molar-refractivity contribution in [1.29, 1.82) is 0 Å². The number of rotatable bonds is 11. The van der Waals surface area contributed by atoms with Gasteiger partial charge in [-0.15, -0.1) is 0 Å². The van der Waals surface area contributed by atoms with E-state index in [-0.39, 0.29) is 5.78 Å². The topological polar surface area (TPSA) is 35.5 Å². The second-order valence-electron chi connectivity index (χ2n) is 7.39. The van der Waals surface area contributed by atoms with Crippen LogP contribution < -0.4 is 9.47 Å². The third-order valence-electron chi connectivity index (χ3n) is 5.13. The average molecular weight is 453 g/mol. The Hall–Kier alpha value is -4.11. The van der Waals surface area contributed by atoms with E-state index in [1.165, 1.54) is 0 Å². The standard InChI is InChI=1S/C31H32O3/c1-7-23(5)11-12-24(8-2)26-14-21-30(22-15-26)34-28(10-4)18-13-25(9-3)31(32)27-16-19-29(33-6)20-17-27/h7-22H,1-2H2,3-6H3/b18-13-,23-11-,24-12+,25-9+,28-10+. The zero-order chi connectivity index (χ0) is 24.9. The van der Waals surface area contributed by atoms with E-state index in [2.05, 4.69) is 13.2 Å². The first-order chi connectivity index (χ1) is 16.4. The van der Waals surface area contributed by atoms with Crippen LogP contribution in [0.3, 0.4) is 0 Å². The number of Topliss-reactive ketones (excluding diaryl/α,β-unsaturated/α-hetero) is 1. The maximum Gasteiger partial charge on any atom is 0.192 e. The molecular weight excluding hydrogens is 420 g/mol. The molecule has 0 fully saturated rings. The minimum Gasteiger partial charge on any atom is -0.497 e. The molecule has 0 saturated heterocycles. The van der Waals surface area contributed by atoms with Gasteiger partial charge in [0.15, 0.2) is 5.78 Å². The molecule has 0 aliphatic carbocycles. The second kappa shape index (κ2) is 13.4. The fraction of sp³-hybridized carbons (Fsp3) is 0.129. The van der Waals surface area contributed by atoms with Crippen molar-refractivity contribution < 1.29 is 14.3 Å². The number of methoxy groups -OCH3 is 1. The molecule has 0 saturated carbocycles. The van der Waals surface area contributed by atoms with Gasteiger partial charge in [0.1, 0.15) is 17.3 Å². The van der Waals surface area contributed by atoms with E-state index in [0.717, 1.165) is 16.7 Å². The molecule has 0 bridgehead atoms. The van der Waals surface area contributed by atoms with Crippen molar-refractivity contribution >= 4 is 11.4 Å². The molecule has 3 heteroatoms. The summed E-state index contributed by atoms with van der Waals surface area (Å²) in [6.07, 6.45) is 14.9. The summed E-state index contributed by atoms with van der Waals surface area (Å²) in [4.78, 5) is 12.8. The molecule has 0 N–H and O–H groups in total. The highest BCUT2D eigenvalue weighted by molar-refractivity contribution is 6.10. The highest BCUT2D eigenvalue weighted by atomic mass is 16.5. The summed E-state index contributed by atoms with van der Waals surface area (Å²) in [5.41, 5.74) is 4.30. The fourth-order valence-electron chi connectivity index (χ4n) is 3.00. The molecule has 174 valence electrons. The Labute approximate surface area is 203 Å². The van der Waals surface area contributed by atoms with Gasteiger partial charge >= 0.3 is 0 Å². The van der Waals surface area contributed by atoms with Crippen molar-refractivity contribution in [2.45, 2.75) is 20.8 Å². The Morgan fingerprint density at radius 1 is 0.794 bits per heavy atom. The smallest absolute Gasteiger partial charge is 0.192 e. The van der Waals surface area contributed by atoms with E-state index < -0.39 is 0 Å². The molecule has 2 aromatic carbocycles. The summed E-state index contributed by atoms with van der Waals surface area (Å²) in [7, 11) is 1.60. The molecule has 0 aliphatic heterocycles. The van der Waals surface area contributed by atoms with Crippen LogP contribution in [0.1, 0.15) is 36.7 Å². The molecule has 0 aromatic heterocycles. The summed E-state index contributed by atoms with van der Waals surface area (Å²) >= 11 is 0. The van der Waals surface area contributed by atoms with Crippen molar-refractivity contribution in [1.82, 2.24) is 0 Å². The van der Waals surface area contributed by atoms with Crippen molar-refractivity contribution in [2.75, 3.05) is 7.11 Å². The lowest BCUT2D eigenvalue weighted by molar-refractivity contribution is 0.103. The van der Waals surface area contributed by atoms with Crippen LogP contribution >= 0.6 is 0 Å². The lowest BCUT2D eigenvalue weighted by atomic mass is 10.0. The third kappa shape index (κ3) is 7.49. The lowest BCUT2D eigenvalue weighted by Crippen LogP contribution is -2.02. The summed E-state index contributed by atoms with van der Waals surface area (Å²) in [6, 6.07) is 14.9. The lowest BCUT2D eigenvalue weighted by Gasteiger charge is -2.09. The van der Waals surface area contributed by atoms with Crippen LogP contribution in [0, 0.1) is 0 Å². The zero-order valence-electron chi connectivity index (χ0n) is 20.4. The van der Waals surface area contributed by atoms with Crippen molar-refractivity contribution in [3.05, 3.63) is 138 Å². The number of hydrogen-bond acceptors (Lipinski definition) is 3. The maximum absolute atomic E-state index is 12.8. The van der Waals surface area contributed by atoms with Crippen LogP contribution in [0.2, 0.25) is 0 Å². The van der Waals surface area contributed by atoms with Gasteiger partial charge in [0.25, 0.3) is 0 Å². The number of ketones is 1. The van der Waals surface area contributed by atoms with Gasteiger partial charge < -0.3 is 9.47 Å². The van der Waals surface area contributed by atoms with E-state index in [9.17, 15) is 4.79 Å². The highest BCUT2D eigenvalue weighted by Gasteiger charge is 2.10. The van der Waals surface area contributed by atoms with Gasteiger partial charge in [-0.3, -0.25) is 4.79 Å². The Kier molecular flexibility index (Phi) is 10.3. The SMILES string of the molecule is C=C/C(C)=C\C=C(/C=C)c1ccc(OC(/C=C\C(=C/C)C(=O)c2ccc(OC)cc2)=C/C)cc1. The molecule has 2 aromatic rings. The van der Waals surface area contributed by atoms with Gasteiger partial charge in [-0.25, -0.2) is 0 Å². The first kappa shape index (κ1) is 26.1. The summed E-state index contributed by atoms with van der Waals surface area (Å²) in [5.74, 6) is 1.99. The molecule has 0 spiro atoms. The molecule has 0 atom stereocenters. The molecule has 34 heavy (non-hydrogen) atoms. The number of carbonyl (C=O) groups is 1. The second-order valence-corrected chi connectivity index (χ2v) is 7.39. The van der Waals surface area contributed by atoms with Crippen LogP contribution in [0.4, 0.5) is 0 Å². The van der Waals surface area contributed by atoms with Gasteiger partial charge in [0.2, 0.25) is 0 Å². The molecular formula is C31H32O3. The summed E-state index contributed by atoms with van der Waals surface area (Å²) in [5, 5.41) is 0. The van der Waals surface area contributed by atoms with Crippen molar-refractivity contribution in [3.8, 4) is 11.5 Å². The monoisotopic (exact) mass is 452 g/mol. The number of ether oxygens (including phenoxy) is 2. The molecule has 0 heterocycles. The van der Waals surface area contributed by atoms with Crippen LogP contribution in [0.25, 0.3) is 5.57 Å². The number of carbonyl (C=O) groups excluding carboxylic acids is 1. The van der Waals surface area contributed by atoms with Gasteiger partial charge in [-0.1, -0.05) is 61.2 Å².